The van der Waals surface area contributed by atoms with E-state index in [0.717, 1.165) is 16.6 Å². The fourth-order valence-corrected chi connectivity index (χ4v) is 3.59. The van der Waals surface area contributed by atoms with Gasteiger partial charge in [-0.15, -0.1) is 0 Å². The van der Waals surface area contributed by atoms with Crippen LogP contribution in [-0.4, -0.2) is 22.0 Å². The molecule has 16 heavy (non-hydrogen) atoms. The van der Waals surface area contributed by atoms with Gasteiger partial charge in [0.15, 0.2) is 0 Å². The van der Waals surface area contributed by atoms with Gasteiger partial charge in [0.05, 0.1) is 0 Å². The minimum atomic E-state index is 0.249. The Labute approximate surface area is 110 Å². The van der Waals surface area contributed by atoms with Gasteiger partial charge in [-0.3, -0.25) is 4.98 Å². The summed E-state index contributed by atoms with van der Waals surface area (Å²) in [6.07, 6.45) is 6.69. The molecule has 0 bridgehead atoms. The molecule has 2 rings (SSSR count). The normalized spacial score (nSPS) is 23.0. The minimum Gasteiger partial charge on any atom is -0.326 e. The maximum Gasteiger partial charge on any atom is 0.0420 e. The molecular weight excluding hydrogens is 284 g/mol. The van der Waals surface area contributed by atoms with Crippen molar-refractivity contribution < 1.29 is 0 Å². The Kier molecular flexibility index (Phi) is 4.67. The van der Waals surface area contributed by atoms with Crippen molar-refractivity contribution in [2.45, 2.75) is 37.0 Å². The standard InChI is InChI=1S/C12H17BrN2S/c13-9-4-5-10(15-8-9)7-11(14)12-3-1-2-6-16-12/h4-5,8,11-12H,1-3,6-7,14H2. The molecule has 2 unspecified atom stereocenters. The number of nitrogens with two attached hydrogens (primary N) is 1. The summed E-state index contributed by atoms with van der Waals surface area (Å²) >= 11 is 5.42. The zero-order chi connectivity index (χ0) is 11.4. The molecule has 2 atom stereocenters. The highest BCUT2D eigenvalue weighted by Gasteiger charge is 2.21. The molecule has 1 aliphatic heterocycles. The predicted molar refractivity (Wildman–Crippen MR) is 73.7 cm³/mol. The van der Waals surface area contributed by atoms with Crippen molar-refractivity contribution in [2.24, 2.45) is 5.73 Å². The summed E-state index contributed by atoms with van der Waals surface area (Å²) < 4.78 is 1.02. The van der Waals surface area contributed by atoms with Gasteiger partial charge in [-0.05, 0) is 46.7 Å². The van der Waals surface area contributed by atoms with Crippen LogP contribution in [0.1, 0.15) is 25.0 Å². The zero-order valence-corrected chi connectivity index (χ0v) is 11.6. The van der Waals surface area contributed by atoms with E-state index in [1.165, 1.54) is 25.0 Å². The van der Waals surface area contributed by atoms with E-state index < -0.39 is 0 Å². The Morgan fingerprint density at radius 3 is 3.00 bits per heavy atom. The smallest absolute Gasteiger partial charge is 0.0420 e. The monoisotopic (exact) mass is 300 g/mol. The number of hydrogen-bond acceptors (Lipinski definition) is 3. The van der Waals surface area contributed by atoms with E-state index in [0.29, 0.717) is 5.25 Å². The van der Waals surface area contributed by atoms with Crippen molar-refractivity contribution in [3.63, 3.8) is 0 Å². The van der Waals surface area contributed by atoms with E-state index in [-0.39, 0.29) is 6.04 Å². The minimum absolute atomic E-state index is 0.249. The van der Waals surface area contributed by atoms with Gasteiger partial charge in [-0.2, -0.15) is 11.8 Å². The third-order valence-corrected chi connectivity index (χ3v) is 4.93. The number of thioether (sulfide) groups is 1. The largest absolute Gasteiger partial charge is 0.326 e. The lowest BCUT2D eigenvalue weighted by atomic mass is 10.0. The van der Waals surface area contributed by atoms with Crippen LogP contribution in [0.2, 0.25) is 0 Å². The van der Waals surface area contributed by atoms with Crippen LogP contribution in [0.4, 0.5) is 0 Å². The van der Waals surface area contributed by atoms with Crippen LogP contribution in [0.25, 0.3) is 0 Å². The Bertz CT molecular complexity index is 322. The van der Waals surface area contributed by atoms with Gasteiger partial charge in [0.2, 0.25) is 0 Å². The second-order valence-electron chi connectivity index (χ2n) is 4.24. The summed E-state index contributed by atoms with van der Waals surface area (Å²) in [5.74, 6) is 1.27. The first-order valence-corrected chi connectivity index (χ1v) is 7.57. The van der Waals surface area contributed by atoms with E-state index >= 15 is 0 Å². The van der Waals surface area contributed by atoms with Crippen molar-refractivity contribution in [1.29, 1.82) is 0 Å². The summed E-state index contributed by atoms with van der Waals surface area (Å²) in [5.41, 5.74) is 7.34. The van der Waals surface area contributed by atoms with Gasteiger partial charge >= 0.3 is 0 Å². The first-order valence-electron chi connectivity index (χ1n) is 5.73. The lowest BCUT2D eigenvalue weighted by Gasteiger charge is -2.26. The molecule has 1 aromatic heterocycles. The Balaban J connectivity index is 1.90. The van der Waals surface area contributed by atoms with Crippen LogP contribution in [0.5, 0.6) is 0 Å². The molecule has 88 valence electrons. The second-order valence-corrected chi connectivity index (χ2v) is 6.50. The quantitative estimate of drug-likeness (QED) is 0.933. The molecule has 2 heterocycles. The van der Waals surface area contributed by atoms with Crippen LogP contribution in [0.15, 0.2) is 22.8 Å². The van der Waals surface area contributed by atoms with Crippen LogP contribution in [0.3, 0.4) is 0 Å². The van der Waals surface area contributed by atoms with Crippen LogP contribution in [0, 0.1) is 0 Å². The number of halogens is 1. The van der Waals surface area contributed by atoms with Gasteiger partial charge in [0, 0.05) is 34.1 Å². The molecule has 4 heteroatoms. The maximum absolute atomic E-state index is 6.25. The number of rotatable bonds is 3. The Morgan fingerprint density at radius 2 is 2.38 bits per heavy atom. The molecule has 0 radical (unpaired) electrons. The molecule has 2 N–H and O–H groups in total. The molecule has 1 aliphatic rings. The van der Waals surface area contributed by atoms with Crippen LogP contribution in [-0.2, 0) is 6.42 Å². The molecule has 1 aromatic rings. The SMILES string of the molecule is NC(Cc1ccc(Br)cn1)C1CCCCS1. The topological polar surface area (TPSA) is 38.9 Å². The Hall–Kier alpha value is -0.0600. The van der Waals surface area contributed by atoms with E-state index in [4.69, 9.17) is 5.73 Å². The molecule has 1 fully saturated rings. The molecule has 0 spiro atoms. The van der Waals surface area contributed by atoms with E-state index in [9.17, 15) is 0 Å². The molecule has 2 nitrogen and oxygen atoms in total. The lowest BCUT2D eigenvalue weighted by molar-refractivity contribution is 0.555. The third kappa shape index (κ3) is 3.47. The van der Waals surface area contributed by atoms with Crippen molar-refractivity contribution in [1.82, 2.24) is 4.98 Å². The van der Waals surface area contributed by atoms with Crippen LogP contribution < -0.4 is 5.73 Å². The number of pyridine rings is 1. The van der Waals surface area contributed by atoms with Crippen molar-refractivity contribution in [3.8, 4) is 0 Å². The average molecular weight is 301 g/mol. The molecule has 0 aromatic carbocycles. The first-order chi connectivity index (χ1) is 7.75. The van der Waals surface area contributed by atoms with Crippen molar-refractivity contribution in [2.75, 3.05) is 5.75 Å². The number of nitrogens with zero attached hydrogens (tertiary/aromatic N) is 1. The highest BCUT2D eigenvalue weighted by molar-refractivity contribution is 9.10. The molecule has 0 aliphatic carbocycles. The fraction of sp³-hybridized carbons (Fsp3) is 0.583. The molecule has 1 saturated heterocycles. The lowest BCUT2D eigenvalue weighted by Crippen LogP contribution is -2.36. The Morgan fingerprint density at radius 1 is 1.50 bits per heavy atom. The van der Waals surface area contributed by atoms with Gasteiger partial charge in [0.25, 0.3) is 0 Å². The van der Waals surface area contributed by atoms with E-state index in [1.54, 1.807) is 0 Å². The number of aromatic nitrogens is 1. The fourth-order valence-electron chi connectivity index (χ4n) is 2.00. The summed E-state index contributed by atoms with van der Waals surface area (Å²) in [5, 5.41) is 0.624. The predicted octanol–water partition coefficient (Wildman–Crippen LogP) is 3.00. The average Bonchev–Trinajstić information content (AvgIpc) is 2.33. The molecular formula is C12H17BrN2S. The summed E-state index contributed by atoms with van der Waals surface area (Å²) in [6.45, 7) is 0. The zero-order valence-electron chi connectivity index (χ0n) is 9.23. The maximum atomic E-state index is 6.25. The highest BCUT2D eigenvalue weighted by Crippen LogP contribution is 2.27. The number of hydrogen-bond donors (Lipinski definition) is 1. The van der Waals surface area contributed by atoms with Gasteiger partial charge < -0.3 is 5.73 Å². The third-order valence-electron chi connectivity index (χ3n) is 2.93. The molecule has 0 saturated carbocycles. The van der Waals surface area contributed by atoms with Crippen LogP contribution >= 0.6 is 27.7 Å². The van der Waals surface area contributed by atoms with E-state index in [1.807, 2.05) is 24.0 Å². The van der Waals surface area contributed by atoms with Gasteiger partial charge in [-0.1, -0.05) is 6.42 Å². The van der Waals surface area contributed by atoms with Crippen molar-refractivity contribution >= 4 is 27.7 Å². The second kappa shape index (κ2) is 6.03. The summed E-state index contributed by atoms with van der Waals surface area (Å²) in [6, 6.07) is 4.33. The first kappa shape index (κ1) is 12.4. The van der Waals surface area contributed by atoms with Crippen molar-refractivity contribution in [3.05, 3.63) is 28.5 Å². The molecule has 0 amide bonds. The van der Waals surface area contributed by atoms with E-state index in [2.05, 4.69) is 27.0 Å². The summed E-state index contributed by atoms with van der Waals surface area (Å²) in [4.78, 5) is 4.38. The highest BCUT2D eigenvalue weighted by atomic mass is 79.9. The van der Waals surface area contributed by atoms with Gasteiger partial charge in [-0.25, -0.2) is 0 Å². The van der Waals surface area contributed by atoms with Gasteiger partial charge in [0.1, 0.15) is 0 Å². The summed E-state index contributed by atoms with van der Waals surface area (Å²) in [7, 11) is 0.